The van der Waals surface area contributed by atoms with Crippen LogP contribution in [0.1, 0.15) is 35.9 Å². The predicted octanol–water partition coefficient (Wildman–Crippen LogP) is 3.09. The molecule has 3 heterocycles. The van der Waals surface area contributed by atoms with E-state index in [0.29, 0.717) is 13.2 Å². The van der Waals surface area contributed by atoms with E-state index < -0.39 is 12.2 Å². The maximum atomic E-state index is 11.1. The fourth-order valence-electron chi connectivity index (χ4n) is 3.93. The van der Waals surface area contributed by atoms with Gasteiger partial charge >= 0.3 is 0 Å². The SMILES string of the molecule is COCCO[C@@H]1c2ccn3c(C)c(C)nc3c2N[C@H](C2=CCCC=C2)[C@H]1O. The number of hydrogen-bond donors (Lipinski definition) is 2. The van der Waals surface area contributed by atoms with Crippen molar-refractivity contribution in [3.8, 4) is 0 Å². The summed E-state index contributed by atoms with van der Waals surface area (Å²) in [5.74, 6) is 0. The molecule has 2 N–H and O–H groups in total. The van der Waals surface area contributed by atoms with Crippen molar-refractivity contribution in [1.82, 2.24) is 9.38 Å². The standard InChI is InChI=1S/C21H27N3O3/c1-13-14(2)24-10-9-16-18(21(24)22-13)23-17(15-7-5-4-6-8-15)19(25)20(16)27-12-11-26-3/h5,7-10,17,19-20,23,25H,4,6,11-12H2,1-3H3/t17-,19-,20-/m1/s1. The Morgan fingerprint density at radius 2 is 2.15 bits per heavy atom. The van der Waals surface area contributed by atoms with Crippen LogP contribution in [0.15, 0.2) is 36.1 Å². The summed E-state index contributed by atoms with van der Waals surface area (Å²) in [6.45, 7) is 5.00. The highest BCUT2D eigenvalue weighted by Crippen LogP contribution is 2.40. The number of anilines is 1. The smallest absolute Gasteiger partial charge is 0.161 e. The minimum Gasteiger partial charge on any atom is -0.388 e. The number of allylic oxidation sites excluding steroid dienone is 2. The molecule has 0 saturated heterocycles. The van der Waals surface area contributed by atoms with E-state index in [0.717, 1.165) is 46.7 Å². The number of aryl methyl sites for hydroxylation is 2. The molecule has 2 aromatic rings. The number of ether oxygens (including phenoxy) is 2. The van der Waals surface area contributed by atoms with E-state index in [4.69, 9.17) is 14.5 Å². The number of fused-ring (bicyclic) bond motifs is 3. The number of aliphatic hydroxyl groups is 1. The van der Waals surface area contributed by atoms with Gasteiger partial charge in [0.25, 0.3) is 0 Å². The molecule has 27 heavy (non-hydrogen) atoms. The third kappa shape index (κ3) is 3.18. The van der Waals surface area contributed by atoms with E-state index in [9.17, 15) is 5.11 Å². The lowest BCUT2D eigenvalue weighted by Gasteiger charge is -2.38. The van der Waals surface area contributed by atoms with Crippen LogP contribution in [0.4, 0.5) is 5.69 Å². The molecule has 3 atom stereocenters. The van der Waals surface area contributed by atoms with Crippen LogP contribution >= 0.6 is 0 Å². The lowest BCUT2D eigenvalue weighted by Crippen LogP contribution is -2.44. The number of nitrogens with one attached hydrogen (secondary N) is 1. The zero-order chi connectivity index (χ0) is 19.0. The van der Waals surface area contributed by atoms with Crippen LogP contribution in [0.25, 0.3) is 5.65 Å². The van der Waals surface area contributed by atoms with Gasteiger partial charge < -0.3 is 24.3 Å². The lowest BCUT2D eigenvalue weighted by atomic mass is 9.87. The molecule has 2 aliphatic rings. The van der Waals surface area contributed by atoms with Crippen LogP contribution in [-0.4, -0.2) is 47.0 Å². The Morgan fingerprint density at radius 3 is 2.89 bits per heavy atom. The first-order valence-electron chi connectivity index (χ1n) is 9.51. The second kappa shape index (κ2) is 7.46. The zero-order valence-corrected chi connectivity index (χ0v) is 16.1. The fourth-order valence-corrected chi connectivity index (χ4v) is 3.93. The zero-order valence-electron chi connectivity index (χ0n) is 16.1. The van der Waals surface area contributed by atoms with Gasteiger partial charge in [0.1, 0.15) is 12.2 Å². The maximum Gasteiger partial charge on any atom is 0.161 e. The molecule has 6 heteroatoms. The summed E-state index contributed by atoms with van der Waals surface area (Å²) < 4.78 is 13.3. The van der Waals surface area contributed by atoms with E-state index in [2.05, 4.69) is 34.9 Å². The average molecular weight is 369 g/mol. The van der Waals surface area contributed by atoms with Crippen LogP contribution in [0, 0.1) is 13.8 Å². The second-order valence-electron chi connectivity index (χ2n) is 7.20. The Bertz CT molecular complexity index is 900. The topological polar surface area (TPSA) is 68.0 Å². The fraction of sp³-hybridized carbons (Fsp3) is 0.476. The first-order chi connectivity index (χ1) is 13.1. The van der Waals surface area contributed by atoms with Crippen LogP contribution in [0.3, 0.4) is 0 Å². The van der Waals surface area contributed by atoms with Crippen molar-refractivity contribution >= 4 is 11.3 Å². The third-order valence-corrected chi connectivity index (χ3v) is 5.53. The molecule has 0 bridgehead atoms. The van der Waals surface area contributed by atoms with Crippen molar-refractivity contribution in [3.05, 3.63) is 53.0 Å². The van der Waals surface area contributed by atoms with Crippen molar-refractivity contribution in [2.45, 2.75) is 44.9 Å². The number of aromatic nitrogens is 2. The van der Waals surface area contributed by atoms with E-state index >= 15 is 0 Å². The van der Waals surface area contributed by atoms with Crippen LogP contribution in [-0.2, 0) is 9.47 Å². The van der Waals surface area contributed by atoms with Gasteiger partial charge in [-0.05, 0) is 38.3 Å². The van der Waals surface area contributed by atoms with Crippen molar-refractivity contribution in [1.29, 1.82) is 0 Å². The third-order valence-electron chi connectivity index (χ3n) is 5.53. The summed E-state index contributed by atoms with van der Waals surface area (Å²) in [7, 11) is 1.65. The van der Waals surface area contributed by atoms with Gasteiger partial charge in [0.05, 0.1) is 30.6 Å². The summed E-state index contributed by atoms with van der Waals surface area (Å²) >= 11 is 0. The van der Waals surface area contributed by atoms with E-state index in [1.54, 1.807) is 7.11 Å². The maximum absolute atomic E-state index is 11.1. The number of pyridine rings is 1. The second-order valence-corrected chi connectivity index (χ2v) is 7.20. The molecule has 0 fully saturated rings. The molecule has 0 amide bonds. The molecule has 0 unspecified atom stereocenters. The van der Waals surface area contributed by atoms with Gasteiger partial charge in [0.15, 0.2) is 5.65 Å². The van der Waals surface area contributed by atoms with Gasteiger partial charge in [0.2, 0.25) is 0 Å². The highest BCUT2D eigenvalue weighted by molar-refractivity contribution is 5.76. The molecule has 6 nitrogen and oxygen atoms in total. The normalized spacial score (nSPS) is 24.6. The van der Waals surface area contributed by atoms with E-state index in [1.165, 1.54) is 0 Å². The number of nitrogens with zero attached hydrogens (tertiary/aromatic N) is 2. The number of hydrogen-bond acceptors (Lipinski definition) is 5. The number of aliphatic hydroxyl groups excluding tert-OH is 1. The molecule has 1 aliphatic carbocycles. The predicted molar refractivity (Wildman–Crippen MR) is 105 cm³/mol. The van der Waals surface area contributed by atoms with Gasteiger partial charge in [-0.25, -0.2) is 4.98 Å². The first-order valence-corrected chi connectivity index (χ1v) is 9.51. The van der Waals surface area contributed by atoms with Crippen LogP contribution < -0.4 is 5.32 Å². The summed E-state index contributed by atoms with van der Waals surface area (Å²) in [5, 5.41) is 14.7. The van der Waals surface area contributed by atoms with Crippen molar-refractivity contribution < 1.29 is 14.6 Å². The van der Waals surface area contributed by atoms with E-state index in [1.807, 2.05) is 19.2 Å². The molecule has 144 valence electrons. The van der Waals surface area contributed by atoms with Crippen LogP contribution in [0.2, 0.25) is 0 Å². The largest absolute Gasteiger partial charge is 0.388 e. The Balaban J connectivity index is 1.80. The monoisotopic (exact) mass is 369 g/mol. The van der Waals surface area contributed by atoms with Crippen molar-refractivity contribution in [2.75, 3.05) is 25.6 Å². The molecule has 1 aliphatic heterocycles. The molecule has 0 radical (unpaired) electrons. The lowest BCUT2D eigenvalue weighted by molar-refractivity contribution is -0.0589. The van der Waals surface area contributed by atoms with Crippen LogP contribution in [0.5, 0.6) is 0 Å². The number of rotatable bonds is 5. The number of imidazole rings is 1. The van der Waals surface area contributed by atoms with Gasteiger partial charge in [-0.1, -0.05) is 18.2 Å². The van der Waals surface area contributed by atoms with Gasteiger partial charge in [0, 0.05) is 24.6 Å². The Morgan fingerprint density at radius 1 is 1.30 bits per heavy atom. The summed E-state index contributed by atoms with van der Waals surface area (Å²) in [6.07, 6.45) is 9.37. The highest BCUT2D eigenvalue weighted by atomic mass is 16.5. The summed E-state index contributed by atoms with van der Waals surface area (Å²) in [5.41, 5.74) is 5.97. The highest BCUT2D eigenvalue weighted by Gasteiger charge is 2.39. The molecular weight excluding hydrogens is 342 g/mol. The van der Waals surface area contributed by atoms with Crippen molar-refractivity contribution in [2.24, 2.45) is 0 Å². The average Bonchev–Trinajstić information content (AvgIpc) is 2.98. The van der Waals surface area contributed by atoms with Crippen molar-refractivity contribution in [3.63, 3.8) is 0 Å². The molecule has 2 aromatic heterocycles. The van der Waals surface area contributed by atoms with Gasteiger partial charge in [-0.3, -0.25) is 0 Å². The minimum atomic E-state index is -0.692. The molecular formula is C21H27N3O3. The summed E-state index contributed by atoms with van der Waals surface area (Å²) in [6, 6.07) is 1.79. The number of methoxy groups -OCH3 is 1. The van der Waals surface area contributed by atoms with Gasteiger partial charge in [-0.15, -0.1) is 0 Å². The molecule has 4 rings (SSSR count). The Hall–Kier alpha value is -2.15. The quantitative estimate of drug-likeness (QED) is 0.793. The minimum absolute atomic E-state index is 0.231. The van der Waals surface area contributed by atoms with E-state index in [-0.39, 0.29) is 6.04 Å². The van der Waals surface area contributed by atoms with Gasteiger partial charge in [-0.2, -0.15) is 0 Å². The Labute approximate surface area is 159 Å². The molecule has 0 spiro atoms. The Kier molecular flexibility index (Phi) is 5.04. The first kappa shape index (κ1) is 18.2. The molecule has 0 saturated carbocycles. The summed E-state index contributed by atoms with van der Waals surface area (Å²) in [4.78, 5) is 4.76. The molecule has 0 aromatic carbocycles.